The molecule has 0 amide bonds. The van der Waals surface area contributed by atoms with Gasteiger partial charge in [-0.2, -0.15) is 0 Å². The van der Waals surface area contributed by atoms with E-state index in [1.54, 1.807) is 0 Å². The molecule has 0 aliphatic carbocycles. The number of aryl methyl sites for hydroxylation is 2. The van der Waals surface area contributed by atoms with Gasteiger partial charge in [-0.05, 0) is 108 Å². The van der Waals surface area contributed by atoms with Crippen LogP contribution < -0.4 is 0 Å². The molecule has 3 rings (SSSR count). The van der Waals surface area contributed by atoms with Crippen molar-refractivity contribution in [1.29, 1.82) is 0 Å². The van der Waals surface area contributed by atoms with Gasteiger partial charge in [-0.25, -0.2) is 42.8 Å². The molecule has 3 aromatic heterocycles. The topological polar surface area (TPSA) is 250 Å². The second-order valence-corrected chi connectivity index (χ2v) is 23.1. The zero-order valence-electron chi connectivity index (χ0n) is 52.8. The molecule has 84 heavy (non-hydrogen) atoms. The molecule has 3 heterocycles. The normalized spacial score (nSPS) is 13.6. The molecule has 0 radical (unpaired) electrons. The molecule has 6 atom stereocenters. The summed E-state index contributed by atoms with van der Waals surface area (Å²) in [5.74, 6) is -3.49. The number of aromatic nitrogens is 9. The molecule has 0 aliphatic rings. The van der Waals surface area contributed by atoms with Crippen LogP contribution in [0.1, 0.15) is 305 Å². The fraction of sp³-hybridized carbons (Fsp3) is 0.806. The first-order valence-corrected chi connectivity index (χ1v) is 32.6. The lowest BCUT2D eigenvalue weighted by molar-refractivity contribution is 0.0369. The van der Waals surface area contributed by atoms with Gasteiger partial charge in [0.25, 0.3) is 0 Å². The molecule has 0 fully saturated rings. The van der Waals surface area contributed by atoms with Gasteiger partial charge in [0.2, 0.25) is 17.1 Å². The number of carbonyl (C=O) groups excluding carboxylic acids is 6. The van der Waals surface area contributed by atoms with Crippen LogP contribution in [0.3, 0.4) is 0 Å². The lowest BCUT2D eigenvalue weighted by Crippen LogP contribution is -2.22. The molecular formula is C62H104ClN9O12. The number of alkyl halides is 1. The van der Waals surface area contributed by atoms with Gasteiger partial charge in [0.15, 0.2) is 17.1 Å². The van der Waals surface area contributed by atoms with Crippen molar-refractivity contribution in [2.24, 2.45) is 23.7 Å². The summed E-state index contributed by atoms with van der Waals surface area (Å²) in [5.41, 5.74) is -0.713. The van der Waals surface area contributed by atoms with Crippen molar-refractivity contribution in [3.05, 3.63) is 34.2 Å². The van der Waals surface area contributed by atoms with E-state index < -0.39 is 41.9 Å². The molecule has 21 nitrogen and oxygen atoms in total. The van der Waals surface area contributed by atoms with Crippen LogP contribution in [0.4, 0.5) is 0 Å². The van der Waals surface area contributed by atoms with Gasteiger partial charge in [0.05, 0.1) is 45.7 Å². The molecule has 0 aliphatic heterocycles. The number of hydrogen-bond acceptors (Lipinski definition) is 18. The minimum Gasteiger partial charge on any atom is -0.461 e. The number of ether oxygens (including phenoxy) is 6. The third kappa shape index (κ3) is 25.2. The molecule has 0 saturated carbocycles. The number of unbranched alkanes of at least 4 members (excludes halogenated alkanes) is 10. The SMILES string of the molecule is CCCCC(CC)COC(=O)c1nnn(CCCCCCOC(=O)c2nnn(C(C)CC(Cl)CC)c2C(=O)OCCCCCCn2nnc(C(=O)OCC(CC)CCCC)c2C(=O)OCC(CC)CCCC)c1C(=O)OCC(CC)CCCC. The fourth-order valence-corrected chi connectivity index (χ4v) is 9.98. The average Bonchev–Trinajstić information content (AvgIpc) is 3.42. The Morgan fingerprint density at radius 1 is 0.393 bits per heavy atom. The molecule has 22 heteroatoms. The van der Waals surface area contributed by atoms with Crippen molar-refractivity contribution in [2.45, 2.75) is 261 Å². The highest BCUT2D eigenvalue weighted by molar-refractivity contribution is 6.20. The first-order chi connectivity index (χ1) is 40.7. The van der Waals surface area contributed by atoms with Gasteiger partial charge in [0, 0.05) is 18.5 Å². The monoisotopic (exact) mass is 1200 g/mol. The van der Waals surface area contributed by atoms with Crippen LogP contribution in [0.15, 0.2) is 0 Å². The van der Waals surface area contributed by atoms with E-state index in [1.165, 1.54) is 14.0 Å². The molecule has 0 N–H and O–H groups in total. The molecule has 0 aromatic carbocycles. The van der Waals surface area contributed by atoms with Crippen molar-refractivity contribution in [1.82, 2.24) is 45.0 Å². The van der Waals surface area contributed by atoms with Crippen molar-refractivity contribution in [3.8, 4) is 0 Å². The number of esters is 6. The molecule has 0 bridgehead atoms. The van der Waals surface area contributed by atoms with Crippen LogP contribution in [0, 0.1) is 23.7 Å². The van der Waals surface area contributed by atoms with Crippen LogP contribution in [-0.4, -0.2) is 126 Å². The number of hydrogen-bond donors (Lipinski definition) is 0. The molecule has 476 valence electrons. The van der Waals surface area contributed by atoms with Crippen LogP contribution in [0.25, 0.3) is 0 Å². The molecular weight excluding hydrogens is 1100 g/mol. The standard InChI is InChI=1S/C62H104ClN9O12/c1-11-20-32-46(15-5)41-81-58(74)51-54(60(76)83-43-48(17-7)34-22-13-3)70(67-64-51)36-28-24-26-30-38-79-57(73)53-56(72(69-66-53)45(10)40-50(63)19-9)62(78)80-39-31-27-25-29-37-71-55(61(77)84-44-49(18-8)35-23-14-4)52(65-68-71)59(75)82-42-47(16-6)33-21-12-2/h45-50H,11-44H2,1-10H3. The summed E-state index contributed by atoms with van der Waals surface area (Å²) in [6.07, 6.45) is 21.4. The maximum Gasteiger partial charge on any atom is 0.361 e. The Morgan fingerprint density at radius 2 is 0.714 bits per heavy atom. The van der Waals surface area contributed by atoms with E-state index in [0.29, 0.717) is 77.3 Å². The van der Waals surface area contributed by atoms with Gasteiger partial charge in [-0.15, -0.1) is 26.9 Å². The van der Waals surface area contributed by atoms with Crippen molar-refractivity contribution >= 4 is 47.4 Å². The van der Waals surface area contributed by atoms with Gasteiger partial charge >= 0.3 is 35.8 Å². The smallest absolute Gasteiger partial charge is 0.361 e. The minimum atomic E-state index is -0.814. The van der Waals surface area contributed by atoms with Crippen LogP contribution in [0.5, 0.6) is 0 Å². The van der Waals surface area contributed by atoms with E-state index in [4.69, 9.17) is 40.0 Å². The van der Waals surface area contributed by atoms with Crippen molar-refractivity contribution in [3.63, 3.8) is 0 Å². The van der Waals surface area contributed by atoms with Gasteiger partial charge < -0.3 is 28.4 Å². The fourth-order valence-electron chi connectivity index (χ4n) is 9.73. The van der Waals surface area contributed by atoms with E-state index >= 15 is 0 Å². The first-order valence-electron chi connectivity index (χ1n) is 32.1. The second-order valence-electron chi connectivity index (χ2n) is 22.5. The highest BCUT2D eigenvalue weighted by atomic mass is 35.5. The van der Waals surface area contributed by atoms with Gasteiger partial charge in [-0.3, -0.25) is 0 Å². The third-order valence-corrected chi connectivity index (χ3v) is 16.2. The van der Waals surface area contributed by atoms with Gasteiger partial charge in [0.1, 0.15) is 0 Å². The highest BCUT2D eigenvalue weighted by Crippen LogP contribution is 2.24. The molecule has 6 unspecified atom stereocenters. The Balaban J connectivity index is 1.61. The third-order valence-electron chi connectivity index (χ3n) is 15.8. The largest absolute Gasteiger partial charge is 0.461 e. The summed E-state index contributed by atoms with van der Waals surface area (Å²) in [7, 11) is 0. The Bertz CT molecular complexity index is 2370. The number of carbonyl (C=O) groups is 6. The molecule has 0 spiro atoms. The van der Waals surface area contributed by atoms with Crippen LogP contribution in [0.2, 0.25) is 0 Å². The van der Waals surface area contributed by atoms with E-state index in [0.717, 1.165) is 103 Å². The van der Waals surface area contributed by atoms with Gasteiger partial charge in [-0.1, -0.05) is 168 Å². The van der Waals surface area contributed by atoms with Crippen molar-refractivity contribution in [2.75, 3.05) is 39.6 Å². The number of halogens is 1. The van der Waals surface area contributed by atoms with Crippen LogP contribution in [-0.2, 0) is 41.5 Å². The molecule has 3 aromatic rings. The summed E-state index contributed by atoms with van der Waals surface area (Å²) in [6.45, 7) is 22.1. The van der Waals surface area contributed by atoms with Crippen LogP contribution >= 0.6 is 11.6 Å². The Kier molecular flexibility index (Phi) is 36.7. The average molecular weight is 1200 g/mol. The quantitative estimate of drug-likeness (QED) is 0.0220. The van der Waals surface area contributed by atoms with Crippen molar-refractivity contribution < 1.29 is 57.2 Å². The first kappa shape index (κ1) is 72.8. The Morgan fingerprint density at radius 3 is 1.08 bits per heavy atom. The van der Waals surface area contributed by atoms with E-state index in [2.05, 4.69) is 86.3 Å². The lowest BCUT2D eigenvalue weighted by atomic mass is 10.0. The maximum absolute atomic E-state index is 13.8. The summed E-state index contributed by atoms with van der Waals surface area (Å²) in [4.78, 5) is 81.4. The number of rotatable bonds is 48. The second kappa shape index (κ2) is 42.4. The Hall–Kier alpha value is -5.47. The summed E-state index contributed by atoms with van der Waals surface area (Å²) in [6, 6.07) is -0.393. The zero-order chi connectivity index (χ0) is 61.7. The van der Waals surface area contributed by atoms with E-state index in [9.17, 15) is 28.8 Å². The predicted octanol–water partition coefficient (Wildman–Crippen LogP) is 13.8. The highest BCUT2D eigenvalue weighted by Gasteiger charge is 2.33. The van der Waals surface area contributed by atoms with E-state index in [-0.39, 0.29) is 103 Å². The minimum absolute atomic E-state index is 0.0178. The summed E-state index contributed by atoms with van der Waals surface area (Å²) < 4.78 is 38.5. The zero-order valence-corrected chi connectivity index (χ0v) is 53.6. The lowest BCUT2D eigenvalue weighted by Gasteiger charge is -2.17. The van der Waals surface area contributed by atoms with E-state index in [1.807, 2.05) is 13.8 Å². The number of nitrogens with zero attached hydrogens (tertiary/aromatic N) is 9. The Labute approximate surface area is 505 Å². The molecule has 0 saturated heterocycles. The maximum atomic E-state index is 13.8. The summed E-state index contributed by atoms with van der Waals surface area (Å²) in [5, 5.41) is 24.7. The summed E-state index contributed by atoms with van der Waals surface area (Å²) >= 11 is 6.52. The predicted molar refractivity (Wildman–Crippen MR) is 321 cm³/mol.